The predicted molar refractivity (Wildman–Crippen MR) is 65.7 cm³/mol. The third-order valence-corrected chi connectivity index (χ3v) is 2.93. The average Bonchev–Trinajstić information content (AvgIpc) is 2.26. The third-order valence-electron chi connectivity index (χ3n) is 2.93. The van der Waals surface area contributed by atoms with Crippen LogP contribution in [0.5, 0.6) is 0 Å². The molecular weight excluding hydrogens is 200 g/mol. The Kier molecular flexibility index (Phi) is 4.53. The first kappa shape index (κ1) is 12.8. The fourth-order valence-electron chi connectivity index (χ4n) is 1.58. The zero-order chi connectivity index (χ0) is 12.1. The third kappa shape index (κ3) is 3.69. The van der Waals surface area contributed by atoms with Gasteiger partial charge in [-0.05, 0) is 29.9 Å². The minimum atomic E-state index is -0.709. The van der Waals surface area contributed by atoms with Crippen molar-refractivity contribution in [2.45, 2.75) is 39.5 Å². The Morgan fingerprint density at radius 3 is 2.19 bits per heavy atom. The Balaban J connectivity index is 2.52. The van der Waals surface area contributed by atoms with Gasteiger partial charge in [-0.15, -0.1) is 0 Å². The van der Waals surface area contributed by atoms with Crippen LogP contribution in [0.1, 0.15) is 44.2 Å². The Labute approximate surface area is 97.3 Å². The molecule has 0 radical (unpaired) electrons. The quantitative estimate of drug-likeness (QED) is 0.825. The summed E-state index contributed by atoms with van der Waals surface area (Å²) in [5.74, 6) is -0.421. The summed E-state index contributed by atoms with van der Waals surface area (Å²) in [6.07, 6.45) is 1.54. The summed E-state index contributed by atoms with van der Waals surface area (Å²) in [7, 11) is 0. The molecule has 88 valence electrons. The van der Waals surface area contributed by atoms with Crippen molar-refractivity contribution in [3.63, 3.8) is 0 Å². The highest BCUT2D eigenvalue weighted by atomic mass is 16.4. The molecule has 2 heteroatoms. The van der Waals surface area contributed by atoms with E-state index in [2.05, 4.69) is 38.1 Å². The fourth-order valence-corrected chi connectivity index (χ4v) is 1.58. The first-order valence-corrected chi connectivity index (χ1v) is 5.82. The molecule has 0 aliphatic carbocycles. The van der Waals surface area contributed by atoms with Gasteiger partial charge in [0.1, 0.15) is 0 Å². The lowest BCUT2D eigenvalue weighted by Crippen LogP contribution is -2.10. The molecule has 1 aromatic carbocycles. The number of aryl methyl sites for hydroxylation is 1. The lowest BCUT2D eigenvalue weighted by Gasteiger charge is -2.08. The van der Waals surface area contributed by atoms with Crippen molar-refractivity contribution in [3.05, 3.63) is 35.4 Å². The van der Waals surface area contributed by atoms with Crippen LogP contribution in [-0.2, 0) is 11.2 Å². The van der Waals surface area contributed by atoms with Crippen LogP contribution in [0, 0.1) is 5.92 Å². The van der Waals surface area contributed by atoms with Crippen LogP contribution >= 0.6 is 0 Å². The van der Waals surface area contributed by atoms with Gasteiger partial charge < -0.3 is 5.11 Å². The van der Waals surface area contributed by atoms with E-state index in [-0.39, 0.29) is 5.92 Å². The van der Waals surface area contributed by atoms with Gasteiger partial charge in [-0.25, -0.2) is 0 Å². The van der Waals surface area contributed by atoms with Gasteiger partial charge in [0.05, 0.1) is 5.92 Å². The van der Waals surface area contributed by atoms with E-state index in [4.69, 9.17) is 5.11 Å². The van der Waals surface area contributed by atoms with Crippen molar-refractivity contribution in [2.24, 2.45) is 5.92 Å². The van der Waals surface area contributed by atoms with Crippen LogP contribution in [0.3, 0.4) is 0 Å². The molecule has 1 aromatic rings. The fraction of sp³-hybridized carbons (Fsp3) is 0.500. The van der Waals surface area contributed by atoms with E-state index < -0.39 is 5.97 Å². The Morgan fingerprint density at radius 1 is 1.19 bits per heavy atom. The molecule has 16 heavy (non-hydrogen) atoms. The summed E-state index contributed by atoms with van der Waals surface area (Å²) in [6, 6.07) is 8.46. The molecule has 0 heterocycles. The maximum atomic E-state index is 10.7. The van der Waals surface area contributed by atoms with Gasteiger partial charge in [-0.3, -0.25) is 4.79 Å². The van der Waals surface area contributed by atoms with Crippen molar-refractivity contribution >= 4 is 5.97 Å². The van der Waals surface area contributed by atoms with Crippen LogP contribution in [0.4, 0.5) is 0 Å². The van der Waals surface area contributed by atoms with E-state index in [9.17, 15) is 4.79 Å². The lowest BCUT2D eigenvalue weighted by atomic mass is 9.97. The number of hydrogen-bond acceptors (Lipinski definition) is 1. The second kappa shape index (κ2) is 5.69. The SMILES string of the molecule is CC(CCc1ccc(C(C)C)cc1)C(=O)O. The van der Waals surface area contributed by atoms with E-state index in [1.165, 1.54) is 11.1 Å². The van der Waals surface area contributed by atoms with Crippen LogP contribution in [-0.4, -0.2) is 11.1 Å². The Morgan fingerprint density at radius 2 is 1.75 bits per heavy atom. The molecule has 1 rings (SSSR count). The normalized spacial score (nSPS) is 12.8. The number of carboxylic acids is 1. The van der Waals surface area contributed by atoms with Crippen LogP contribution in [0.2, 0.25) is 0 Å². The molecule has 2 nitrogen and oxygen atoms in total. The largest absolute Gasteiger partial charge is 0.481 e. The maximum absolute atomic E-state index is 10.7. The van der Waals surface area contributed by atoms with Crippen LogP contribution < -0.4 is 0 Å². The average molecular weight is 220 g/mol. The number of hydrogen-bond donors (Lipinski definition) is 1. The van der Waals surface area contributed by atoms with Crippen molar-refractivity contribution in [1.82, 2.24) is 0 Å². The number of benzene rings is 1. The minimum Gasteiger partial charge on any atom is -0.481 e. The molecule has 1 N–H and O–H groups in total. The topological polar surface area (TPSA) is 37.3 Å². The van der Waals surface area contributed by atoms with Gasteiger partial charge in [0, 0.05) is 0 Å². The van der Waals surface area contributed by atoms with Gasteiger partial charge in [-0.1, -0.05) is 45.0 Å². The molecule has 0 spiro atoms. The lowest BCUT2D eigenvalue weighted by molar-refractivity contribution is -0.141. The van der Waals surface area contributed by atoms with E-state index in [0.717, 1.165) is 6.42 Å². The molecule has 0 aromatic heterocycles. The highest BCUT2D eigenvalue weighted by Gasteiger charge is 2.10. The molecule has 0 aliphatic heterocycles. The maximum Gasteiger partial charge on any atom is 0.306 e. The number of carbonyl (C=O) groups is 1. The van der Waals surface area contributed by atoms with Gasteiger partial charge in [0.15, 0.2) is 0 Å². The summed E-state index contributed by atoms with van der Waals surface area (Å²) in [5.41, 5.74) is 2.55. The number of rotatable bonds is 5. The zero-order valence-corrected chi connectivity index (χ0v) is 10.2. The Hall–Kier alpha value is -1.31. The molecule has 1 atom stereocenters. The van der Waals surface area contributed by atoms with Crippen molar-refractivity contribution in [2.75, 3.05) is 0 Å². The standard InChI is InChI=1S/C14H20O2/c1-10(2)13-8-6-12(7-9-13)5-4-11(3)14(15)16/h6-11H,4-5H2,1-3H3,(H,15,16). The first-order valence-electron chi connectivity index (χ1n) is 5.82. The molecule has 0 amide bonds. The molecule has 0 aliphatic rings. The van der Waals surface area contributed by atoms with Crippen LogP contribution in [0.15, 0.2) is 24.3 Å². The van der Waals surface area contributed by atoms with Crippen molar-refractivity contribution in [3.8, 4) is 0 Å². The minimum absolute atomic E-state index is 0.259. The zero-order valence-electron chi connectivity index (χ0n) is 10.2. The van der Waals surface area contributed by atoms with Gasteiger partial charge in [0.2, 0.25) is 0 Å². The van der Waals surface area contributed by atoms with Gasteiger partial charge in [0.25, 0.3) is 0 Å². The van der Waals surface area contributed by atoms with E-state index in [1.54, 1.807) is 6.92 Å². The smallest absolute Gasteiger partial charge is 0.306 e. The number of carboxylic acid groups (broad SMARTS) is 1. The molecule has 0 saturated heterocycles. The summed E-state index contributed by atoms with van der Waals surface area (Å²) < 4.78 is 0. The van der Waals surface area contributed by atoms with Crippen molar-refractivity contribution in [1.29, 1.82) is 0 Å². The second-order valence-corrected chi connectivity index (χ2v) is 4.67. The molecule has 0 saturated carbocycles. The van der Waals surface area contributed by atoms with Crippen molar-refractivity contribution < 1.29 is 9.90 Å². The monoisotopic (exact) mass is 220 g/mol. The van der Waals surface area contributed by atoms with E-state index >= 15 is 0 Å². The molecular formula is C14H20O2. The predicted octanol–water partition coefficient (Wildman–Crippen LogP) is 3.46. The summed E-state index contributed by atoms with van der Waals surface area (Å²) in [4.78, 5) is 10.7. The first-order chi connectivity index (χ1) is 7.50. The van der Waals surface area contributed by atoms with Gasteiger partial charge in [-0.2, -0.15) is 0 Å². The summed E-state index contributed by atoms with van der Waals surface area (Å²) in [5, 5.41) is 8.78. The number of aliphatic carboxylic acids is 1. The van der Waals surface area contributed by atoms with Gasteiger partial charge >= 0.3 is 5.97 Å². The molecule has 0 bridgehead atoms. The van der Waals surface area contributed by atoms with Crippen LogP contribution in [0.25, 0.3) is 0 Å². The van der Waals surface area contributed by atoms with E-state index in [0.29, 0.717) is 12.3 Å². The van der Waals surface area contributed by atoms with E-state index in [1.807, 2.05) is 0 Å². The highest BCUT2D eigenvalue weighted by molar-refractivity contribution is 5.69. The summed E-state index contributed by atoms with van der Waals surface area (Å²) in [6.45, 7) is 6.09. The summed E-state index contributed by atoms with van der Waals surface area (Å²) >= 11 is 0. The molecule has 0 fully saturated rings. The second-order valence-electron chi connectivity index (χ2n) is 4.67. The Bertz CT molecular complexity index is 338. The molecule has 1 unspecified atom stereocenters. The highest BCUT2D eigenvalue weighted by Crippen LogP contribution is 2.16.